The summed E-state index contributed by atoms with van der Waals surface area (Å²) in [7, 11) is 1.66. The molecular weight excluding hydrogens is 388 g/mol. The minimum absolute atomic E-state index is 0.152. The Morgan fingerprint density at radius 2 is 2.10 bits per heavy atom. The molecule has 0 amide bonds. The van der Waals surface area contributed by atoms with E-state index in [9.17, 15) is 17.6 Å². The molecule has 1 atom stereocenters. The molecule has 0 aliphatic carbocycles. The summed E-state index contributed by atoms with van der Waals surface area (Å²) in [4.78, 5) is 7.74. The average molecular weight is 418 g/mol. The van der Waals surface area contributed by atoms with Gasteiger partial charge in [0.1, 0.15) is 0 Å². The first-order chi connectivity index (χ1) is 13.8. The van der Waals surface area contributed by atoms with Gasteiger partial charge in [-0.05, 0) is 43.5 Å². The van der Waals surface area contributed by atoms with Gasteiger partial charge < -0.3 is 15.0 Å². The van der Waals surface area contributed by atoms with Crippen LogP contribution in [0.2, 0.25) is 0 Å². The maximum Gasteiger partial charge on any atom is 0.401 e. The lowest BCUT2D eigenvalue weighted by Gasteiger charge is -2.26. The number of halogens is 4. The van der Waals surface area contributed by atoms with Gasteiger partial charge in [0.2, 0.25) is 0 Å². The quantitative estimate of drug-likeness (QED) is 0.399. The predicted molar refractivity (Wildman–Crippen MR) is 106 cm³/mol. The molecule has 1 aromatic carbocycles. The van der Waals surface area contributed by atoms with E-state index in [4.69, 9.17) is 4.74 Å². The van der Waals surface area contributed by atoms with Gasteiger partial charge in [0.15, 0.2) is 17.5 Å². The van der Waals surface area contributed by atoms with Gasteiger partial charge in [0, 0.05) is 33.2 Å². The third-order valence-electron chi connectivity index (χ3n) is 4.91. The number of hydrogen-bond acceptors (Lipinski definition) is 3. The molecule has 1 aliphatic heterocycles. The summed E-state index contributed by atoms with van der Waals surface area (Å²) in [5.74, 6) is 0.633. The van der Waals surface area contributed by atoms with Gasteiger partial charge in [0.05, 0.1) is 13.2 Å². The van der Waals surface area contributed by atoms with Gasteiger partial charge in [-0.25, -0.2) is 4.39 Å². The molecule has 9 heteroatoms. The van der Waals surface area contributed by atoms with Crippen molar-refractivity contribution in [3.05, 3.63) is 29.6 Å². The zero-order valence-electron chi connectivity index (χ0n) is 17.2. The van der Waals surface area contributed by atoms with E-state index in [0.717, 1.165) is 18.5 Å². The molecule has 29 heavy (non-hydrogen) atoms. The van der Waals surface area contributed by atoms with E-state index >= 15 is 0 Å². The monoisotopic (exact) mass is 418 g/mol. The minimum atomic E-state index is -4.18. The lowest BCUT2D eigenvalue weighted by molar-refractivity contribution is -0.146. The van der Waals surface area contributed by atoms with Crippen LogP contribution in [0.25, 0.3) is 0 Å². The smallest absolute Gasteiger partial charge is 0.401 e. The Labute approximate surface area is 169 Å². The van der Waals surface area contributed by atoms with Crippen LogP contribution in [0, 0.1) is 11.7 Å². The summed E-state index contributed by atoms with van der Waals surface area (Å²) in [6.07, 6.45) is -3.37. The Hall–Kier alpha value is -2.03. The summed E-state index contributed by atoms with van der Waals surface area (Å²) >= 11 is 0. The van der Waals surface area contributed by atoms with Crippen molar-refractivity contribution in [3.8, 4) is 5.75 Å². The first-order valence-corrected chi connectivity index (χ1v) is 9.91. The van der Waals surface area contributed by atoms with Crippen LogP contribution >= 0.6 is 0 Å². The van der Waals surface area contributed by atoms with Crippen molar-refractivity contribution in [2.45, 2.75) is 33.0 Å². The molecule has 1 heterocycles. The molecule has 0 aromatic heterocycles. The molecule has 0 saturated carbocycles. The second-order valence-electron chi connectivity index (χ2n) is 7.14. The van der Waals surface area contributed by atoms with Gasteiger partial charge in [0.25, 0.3) is 0 Å². The molecule has 0 bridgehead atoms. The lowest BCUT2D eigenvalue weighted by atomic mass is 10.1. The summed E-state index contributed by atoms with van der Waals surface area (Å²) in [6.45, 7) is 5.61. The SMILES string of the molecule is CCOc1ccc(CNC(=NC)N2CCC(CN(CC)CC(F)(F)F)C2)cc1F. The first kappa shape index (κ1) is 23.3. The van der Waals surface area contributed by atoms with E-state index in [1.54, 1.807) is 33.0 Å². The number of hydrogen-bond donors (Lipinski definition) is 1. The Morgan fingerprint density at radius 1 is 1.34 bits per heavy atom. The molecule has 1 fully saturated rings. The summed E-state index contributed by atoms with van der Waals surface area (Å²) in [5, 5.41) is 3.21. The minimum Gasteiger partial charge on any atom is -0.491 e. The van der Waals surface area contributed by atoms with E-state index in [1.165, 1.54) is 11.0 Å². The molecule has 0 radical (unpaired) electrons. The maximum absolute atomic E-state index is 14.0. The molecule has 5 nitrogen and oxygen atoms in total. The lowest BCUT2D eigenvalue weighted by Crippen LogP contribution is -2.41. The number of likely N-dealkylation sites (tertiary alicyclic amines) is 1. The van der Waals surface area contributed by atoms with E-state index in [2.05, 4.69) is 10.3 Å². The highest BCUT2D eigenvalue weighted by Crippen LogP contribution is 2.22. The molecule has 1 saturated heterocycles. The van der Waals surface area contributed by atoms with Crippen molar-refractivity contribution >= 4 is 5.96 Å². The van der Waals surface area contributed by atoms with Crippen LogP contribution in [0.1, 0.15) is 25.8 Å². The topological polar surface area (TPSA) is 40.1 Å². The molecule has 1 aliphatic rings. The van der Waals surface area contributed by atoms with Crippen LogP contribution in [0.15, 0.2) is 23.2 Å². The first-order valence-electron chi connectivity index (χ1n) is 9.91. The molecule has 0 spiro atoms. The summed E-state index contributed by atoms with van der Waals surface area (Å²) in [6, 6.07) is 4.82. The summed E-state index contributed by atoms with van der Waals surface area (Å²) in [5.41, 5.74) is 0.755. The fourth-order valence-corrected chi connectivity index (χ4v) is 3.54. The van der Waals surface area contributed by atoms with Crippen LogP contribution < -0.4 is 10.1 Å². The van der Waals surface area contributed by atoms with Crippen LogP contribution in [-0.2, 0) is 6.54 Å². The van der Waals surface area contributed by atoms with E-state index < -0.39 is 18.5 Å². The Morgan fingerprint density at radius 3 is 2.69 bits per heavy atom. The third kappa shape index (κ3) is 7.38. The molecular formula is C20H30F4N4O. The Balaban J connectivity index is 1.87. The number of ether oxygens (including phenoxy) is 1. The molecule has 1 N–H and O–H groups in total. The highest BCUT2D eigenvalue weighted by molar-refractivity contribution is 5.80. The Kier molecular flexibility index (Phi) is 8.55. The van der Waals surface area contributed by atoms with Gasteiger partial charge in [-0.3, -0.25) is 9.89 Å². The van der Waals surface area contributed by atoms with Crippen LogP contribution in [0.5, 0.6) is 5.75 Å². The number of nitrogens with one attached hydrogen (secondary N) is 1. The average Bonchev–Trinajstić information content (AvgIpc) is 3.11. The normalized spacial score (nSPS) is 17.9. The molecule has 1 unspecified atom stereocenters. The predicted octanol–water partition coefficient (Wildman–Crippen LogP) is 3.51. The van der Waals surface area contributed by atoms with Crippen molar-refractivity contribution < 1.29 is 22.3 Å². The number of nitrogens with zero attached hydrogens (tertiary/aromatic N) is 3. The second kappa shape index (κ2) is 10.7. The van der Waals surface area contributed by atoms with Crippen LogP contribution in [0.4, 0.5) is 17.6 Å². The van der Waals surface area contributed by atoms with Crippen molar-refractivity contribution in [2.75, 3.05) is 46.4 Å². The van der Waals surface area contributed by atoms with E-state index in [0.29, 0.717) is 38.7 Å². The molecule has 2 rings (SSSR count). The van der Waals surface area contributed by atoms with E-state index in [-0.39, 0.29) is 11.7 Å². The fraction of sp³-hybridized carbons (Fsp3) is 0.650. The standard InChI is InChI=1S/C20H30F4N4O/c1-4-27(14-20(22,23)24)12-16-8-9-28(13-16)19(25-3)26-11-15-6-7-18(29-5-2)17(21)10-15/h6-7,10,16H,4-5,8-9,11-14H2,1-3H3,(H,25,26). The number of rotatable bonds is 8. The van der Waals surface area contributed by atoms with E-state index in [1.807, 2.05) is 4.90 Å². The number of benzene rings is 1. The zero-order chi connectivity index (χ0) is 21.4. The van der Waals surface area contributed by atoms with Gasteiger partial charge in [-0.2, -0.15) is 13.2 Å². The second-order valence-corrected chi connectivity index (χ2v) is 7.14. The van der Waals surface area contributed by atoms with Gasteiger partial charge in [-0.1, -0.05) is 13.0 Å². The number of aliphatic imine (C=N–C) groups is 1. The summed E-state index contributed by atoms with van der Waals surface area (Å²) < 4.78 is 57.2. The highest BCUT2D eigenvalue weighted by atomic mass is 19.4. The Bertz CT molecular complexity index is 681. The maximum atomic E-state index is 14.0. The van der Waals surface area contributed by atoms with Crippen molar-refractivity contribution in [1.29, 1.82) is 0 Å². The number of alkyl halides is 3. The third-order valence-corrected chi connectivity index (χ3v) is 4.91. The highest BCUT2D eigenvalue weighted by Gasteiger charge is 2.33. The fourth-order valence-electron chi connectivity index (χ4n) is 3.54. The van der Waals surface area contributed by atoms with Crippen molar-refractivity contribution in [2.24, 2.45) is 10.9 Å². The largest absolute Gasteiger partial charge is 0.491 e. The zero-order valence-corrected chi connectivity index (χ0v) is 17.2. The van der Waals surface area contributed by atoms with Crippen molar-refractivity contribution in [3.63, 3.8) is 0 Å². The van der Waals surface area contributed by atoms with Gasteiger partial charge in [-0.15, -0.1) is 0 Å². The van der Waals surface area contributed by atoms with Crippen molar-refractivity contribution in [1.82, 2.24) is 15.1 Å². The van der Waals surface area contributed by atoms with Crippen LogP contribution in [-0.4, -0.2) is 68.3 Å². The van der Waals surface area contributed by atoms with Gasteiger partial charge >= 0.3 is 6.18 Å². The molecule has 164 valence electrons. The van der Waals surface area contributed by atoms with Crippen LogP contribution in [0.3, 0.4) is 0 Å². The number of guanidine groups is 1. The molecule has 1 aromatic rings.